The zero-order chi connectivity index (χ0) is 24.8. The molecule has 0 aromatic heterocycles. The Labute approximate surface area is 197 Å². The Balaban J connectivity index is 2.41. The van der Waals surface area contributed by atoms with E-state index < -0.39 is 21.1 Å². The minimum Gasteiger partial charge on any atom is -0.385 e. The lowest BCUT2D eigenvalue weighted by Crippen LogP contribution is -3.14. The largest absolute Gasteiger partial charge is 0.385 e. The molecule has 9 heteroatoms. The molecule has 0 amide bonds. The topological polar surface area (TPSA) is 105 Å². The highest BCUT2D eigenvalue weighted by molar-refractivity contribution is 7.92. The van der Waals surface area contributed by atoms with Crippen LogP contribution in [0.15, 0.2) is 53.4 Å². The van der Waals surface area contributed by atoms with Crippen LogP contribution < -0.4 is 9.21 Å². The summed E-state index contributed by atoms with van der Waals surface area (Å²) >= 11 is 0. The van der Waals surface area contributed by atoms with Gasteiger partial charge in [0.1, 0.15) is 12.6 Å². The van der Waals surface area contributed by atoms with Gasteiger partial charge in [-0.25, -0.2) is 8.42 Å². The minimum atomic E-state index is -4.05. The lowest BCUT2D eigenvalue weighted by atomic mass is 10.1. The number of non-ortho nitro benzene ring substituents is 1. The van der Waals surface area contributed by atoms with Gasteiger partial charge < -0.3 is 10.0 Å². The number of aliphatic hydroxyl groups excluding tert-OH is 1. The van der Waals surface area contributed by atoms with Crippen molar-refractivity contribution in [3.8, 4) is 0 Å². The molecule has 33 heavy (non-hydrogen) atoms. The molecule has 2 aromatic rings. The number of anilines is 1. The van der Waals surface area contributed by atoms with Gasteiger partial charge in [-0.05, 0) is 25.1 Å². The Morgan fingerprint density at radius 1 is 1.00 bits per heavy atom. The Morgan fingerprint density at radius 3 is 2.09 bits per heavy atom. The summed E-state index contributed by atoms with van der Waals surface area (Å²) in [6.07, 6.45) is -0.947. The third-order valence-electron chi connectivity index (χ3n) is 5.23. The molecule has 2 aromatic carbocycles. The number of aryl methyl sites for hydroxylation is 1. The van der Waals surface area contributed by atoms with Crippen LogP contribution in [0.5, 0.6) is 0 Å². The van der Waals surface area contributed by atoms with Crippen LogP contribution in [-0.4, -0.2) is 50.7 Å². The predicted molar refractivity (Wildman–Crippen MR) is 130 cm³/mol. The maximum absolute atomic E-state index is 13.5. The molecule has 182 valence electrons. The number of nitro benzene ring substituents is 1. The molecule has 0 fully saturated rings. The fourth-order valence-corrected chi connectivity index (χ4v) is 5.43. The van der Waals surface area contributed by atoms with Crippen LogP contribution in [-0.2, 0) is 10.0 Å². The fraction of sp³-hybridized carbons (Fsp3) is 0.500. The molecule has 0 aliphatic rings. The average Bonchev–Trinajstić information content (AvgIpc) is 2.71. The number of hydrogen-bond acceptors (Lipinski definition) is 5. The van der Waals surface area contributed by atoms with Crippen molar-refractivity contribution in [3.63, 3.8) is 0 Å². The molecule has 0 spiro atoms. The molecule has 1 atom stereocenters. The van der Waals surface area contributed by atoms with E-state index in [1.807, 2.05) is 6.92 Å². The van der Waals surface area contributed by atoms with Crippen molar-refractivity contribution >= 4 is 21.4 Å². The molecule has 0 aliphatic heterocycles. The van der Waals surface area contributed by atoms with Gasteiger partial charge in [-0.3, -0.25) is 14.4 Å². The third kappa shape index (κ3) is 7.80. The van der Waals surface area contributed by atoms with Crippen LogP contribution in [0.1, 0.15) is 33.3 Å². The molecule has 0 saturated heterocycles. The fourth-order valence-electron chi connectivity index (χ4n) is 3.94. The smallest absolute Gasteiger partial charge is 0.271 e. The Morgan fingerprint density at radius 2 is 1.58 bits per heavy atom. The molecule has 0 bridgehead atoms. The number of quaternary nitrogens is 1. The van der Waals surface area contributed by atoms with Crippen LogP contribution in [0.3, 0.4) is 0 Å². The number of nitrogens with one attached hydrogen (secondary N) is 1. The summed E-state index contributed by atoms with van der Waals surface area (Å²) in [5.41, 5.74) is 0.855. The second-order valence-corrected chi connectivity index (χ2v) is 11.3. The number of nitro groups is 1. The first-order valence-electron chi connectivity index (χ1n) is 11.3. The molecule has 2 N–H and O–H groups in total. The first-order valence-corrected chi connectivity index (χ1v) is 12.7. The van der Waals surface area contributed by atoms with E-state index in [1.165, 1.54) is 41.3 Å². The van der Waals surface area contributed by atoms with Crippen molar-refractivity contribution in [2.45, 2.75) is 45.6 Å². The number of nitrogens with zero attached hydrogens (tertiary/aromatic N) is 2. The highest BCUT2D eigenvalue weighted by atomic mass is 32.2. The summed E-state index contributed by atoms with van der Waals surface area (Å²) in [4.78, 5) is 12.0. The van der Waals surface area contributed by atoms with E-state index in [-0.39, 0.29) is 22.8 Å². The second-order valence-electron chi connectivity index (χ2n) is 9.43. The number of aliphatic hydroxyl groups is 1. The molecule has 8 nitrogen and oxygen atoms in total. The number of hydrogen-bond donors (Lipinski definition) is 2. The Kier molecular flexibility index (Phi) is 9.39. The van der Waals surface area contributed by atoms with Crippen molar-refractivity contribution in [2.75, 3.05) is 30.5 Å². The summed E-state index contributed by atoms with van der Waals surface area (Å²) in [6.45, 7) is 12.2. The molecule has 2 rings (SSSR count). The van der Waals surface area contributed by atoms with Gasteiger partial charge in [-0.1, -0.05) is 51.5 Å². The summed E-state index contributed by atoms with van der Waals surface area (Å²) in [5.74, 6) is 0.852. The molecular formula is C24H36N3O5S+. The Bertz CT molecular complexity index is 1010. The lowest BCUT2D eigenvalue weighted by molar-refractivity contribution is -0.909. The van der Waals surface area contributed by atoms with E-state index in [2.05, 4.69) is 27.7 Å². The van der Waals surface area contributed by atoms with E-state index in [0.29, 0.717) is 18.4 Å². The Hall–Kier alpha value is -2.49. The van der Waals surface area contributed by atoms with Gasteiger partial charge in [-0.2, -0.15) is 0 Å². The summed E-state index contributed by atoms with van der Waals surface area (Å²) in [6, 6.07) is 11.9. The molecule has 0 aliphatic carbocycles. The monoisotopic (exact) mass is 478 g/mol. The van der Waals surface area contributed by atoms with Gasteiger partial charge in [-0.15, -0.1) is 0 Å². The third-order valence-corrected chi connectivity index (χ3v) is 7.04. The standard InChI is InChI=1S/C24H35N3O5S/c1-18(2)14-25(15-19(3)4)16-23(28)17-26(21-7-6-8-22(13-21)27(29)30)33(31,32)24-11-9-20(5)10-12-24/h6-13,18-19,23,28H,14-17H2,1-5H3/p+1. The first-order chi connectivity index (χ1) is 15.4. The van der Waals surface area contributed by atoms with Gasteiger partial charge >= 0.3 is 0 Å². The first kappa shape index (κ1) is 26.8. The number of rotatable bonds is 12. The van der Waals surface area contributed by atoms with Crippen LogP contribution in [0, 0.1) is 28.9 Å². The van der Waals surface area contributed by atoms with Crippen molar-refractivity contribution in [1.29, 1.82) is 0 Å². The maximum Gasteiger partial charge on any atom is 0.271 e. The lowest BCUT2D eigenvalue weighted by Gasteiger charge is -2.30. The minimum absolute atomic E-state index is 0.0698. The summed E-state index contributed by atoms with van der Waals surface area (Å²) in [7, 11) is -4.05. The zero-order valence-corrected chi connectivity index (χ0v) is 20.9. The van der Waals surface area contributed by atoms with Crippen molar-refractivity contribution in [2.24, 2.45) is 11.8 Å². The molecular weight excluding hydrogens is 442 g/mol. The quantitative estimate of drug-likeness (QED) is 0.360. The highest BCUT2D eigenvalue weighted by Gasteiger charge is 2.30. The second kappa shape index (κ2) is 11.6. The molecule has 0 heterocycles. The SMILES string of the molecule is Cc1ccc(S(=O)(=O)N(CC(O)C[NH+](CC(C)C)CC(C)C)c2cccc([N+](=O)[O-])c2)cc1. The van der Waals surface area contributed by atoms with Crippen LogP contribution in [0.25, 0.3) is 0 Å². The zero-order valence-electron chi connectivity index (χ0n) is 20.1. The van der Waals surface area contributed by atoms with Gasteiger partial charge in [0.05, 0.1) is 35.1 Å². The van der Waals surface area contributed by atoms with E-state index >= 15 is 0 Å². The highest BCUT2D eigenvalue weighted by Crippen LogP contribution is 2.27. The van der Waals surface area contributed by atoms with Crippen LogP contribution in [0.4, 0.5) is 11.4 Å². The molecule has 0 radical (unpaired) electrons. The molecule has 0 saturated carbocycles. The number of benzene rings is 2. The average molecular weight is 479 g/mol. The van der Waals surface area contributed by atoms with E-state index in [1.54, 1.807) is 12.1 Å². The summed E-state index contributed by atoms with van der Waals surface area (Å²) in [5, 5.41) is 22.2. The van der Waals surface area contributed by atoms with E-state index in [9.17, 15) is 23.6 Å². The number of sulfonamides is 1. The van der Waals surface area contributed by atoms with Crippen molar-refractivity contribution in [3.05, 3.63) is 64.2 Å². The van der Waals surface area contributed by atoms with Gasteiger partial charge in [0, 0.05) is 24.0 Å². The van der Waals surface area contributed by atoms with Gasteiger partial charge in [0.15, 0.2) is 0 Å². The van der Waals surface area contributed by atoms with Crippen LogP contribution >= 0.6 is 0 Å². The normalized spacial score (nSPS) is 13.0. The van der Waals surface area contributed by atoms with Gasteiger partial charge in [0.2, 0.25) is 0 Å². The molecule has 1 unspecified atom stereocenters. The van der Waals surface area contributed by atoms with Crippen LogP contribution in [0.2, 0.25) is 0 Å². The van der Waals surface area contributed by atoms with Crippen molar-refractivity contribution < 1.29 is 23.3 Å². The van der Waals surface area contributed by atoms with E-state index in [0.717, 1.165) is 23.0 Å². The van der Waals surface area contributed by atoms with Crippen molar-refractivity contribution in [1.82, 2.24) is 0 Å². The van der Waals surface area contributed by atoms with Gasteiger partial charge in [0.25, 0.3) is 15.7 Å². The predicted octanol–water partition coefficient (Wildman–Crippen LogP) is 2.66. The summed E-state index contributed by atoms with van der Waals surface area (Å²) < 4.78 is 28.2. The van der Waals surface area contributed by atoms with E-state index in [4.69, 9.17) is 0 Å². The maximum atomic E-state index is 13.5.